The molecule has 3 atom stereocenters. The van der Waals surface area contributed by atoms with Gasteiger partial charge in [0, 0.05) is 33.8 Å². The Hall–Kier alpha value is -0.390. The van der Waals surface area contributed by atoms with E-state index in [1.54, 1.807) is 12.4 Å². The zero-order chi connectivity index (χ0) is 13.7. The van der Waals surface area contributed by atoms with E-state index in [4.69, 9.17) is 4.74 Å². The predicted molar refractivity (Wildman–Crippen MR) is 83.1 cm³/mol. The number of aliphatic hydroxyl groups excluding tert-OH is 1. The average Bonchev–Trinajstić information content (AvgIpc) is 2.47. The summed E-state index contributed by atoms with van der Waals surface area (Å²) in [6.07, 6.45) is 4.08. The van der Waals surface area contributed by atoms with Crippen molar-refractivity contribution in [3.8, 4) is 5.75 Å². The summed E-state index contributed by atoms with van der Waals surface area (Å²) in [6, 6.07) is 1.91. The molecule has 1 fully saturated rings. The van der Waals surface area contributed by atoms with Crippen molar-refractivity contribution in [2.45, 2.75) is 36.9 Å². The molecule has 19 heavy (non-hydrogen) atoms. The molecule has 0 amide bonds. The van der Waals surface area contributed by atoms with Crippen molar-refractivity contribution in [3.05, 3.63) is 24.0 Å². The highest BCUT2D eigenvalue weighted by Crippen LogP contribution is 2.40. The maximum atomic E-state index is 10.6. The molecule has 0 bridgehead atoms. The monoisotopic (exact) mass is 299 g/mol. The summed E-state index contributed by atoms with van der Waals surface area (Å²) in [6.45, 7) is 4.76. The van der Waals surface area contributed by atoms with Gasteiger partial charge in [0.25, 0.3) is 0 Å². The van der Waals surface area contributed by atoms with Gasteiger partial charge in [-0.25, -0.2) is 0 Å². The molecule has 5 heteroatoms. The van der Waals surface area contributed by atoms with Gasteiger partial charge in [0.15, 0.2) is 0 Å². The third-order valence-electron chi connectivity index (χ3n) is 3.19. The van der Waals surface area contributed by atoms with Crippen molar-refractivity contribution >= 4 is 23.5 Å². The Balaban J connectivity index is 2.12. The Morgan fingerprint density at radius 3 is 2.89 bits per heavy atom. The lowest BCUT2D eigenvalue weighted by Crippen LogP contribution is -2.31. The standard InChI is InChI=1S/C14H21NO2S2/c1-3-12-14(19-6-5-18-12)13(16)10-7-11(17-4-2)9-15-8-10/h7-9,12-14,16H,3-6H2,1-2H3. The molecule has 0 radical (unpaired) electrons. The van der Waals surface area contributed by atoms with Gasteiger partial charge in [0.05, 0.1) is 18.9 Å². The third-order valence-corrected chi connectivity index (χ3v) is 6.53. The van der Waals surface area contributed by atoms with Crippen LogP contribution in [-0.2, 0) is 0 Å². The Morgan fingerprint density at radius 1 is 1.37 bits per heavy atom. The lowest BCUT2D eigenvalue weighted by Gasteiger charge is -2.33. The van der Waals surface area contributed by atoms with Crippen molar-refractivity contribution < 1.29 is 9.84 Å². The zero-order valence-electron chi connectivity index (χ0n) is 11.4. The van der Waals surface area contributed by atoms with Crippen LogP contribution in [0.1, 0.15) is 31.9 Å². The molecule has 0 spiro atoms. The Bertz CT molecular complexity index is 403. The highest BCUT2D eigenvalue weighted by atomic mass is 32.2. The first-order chi connectivity index (χ1) is 9.26. The van der Waals surface area contributed by atoms with Gasteiger partial charge >= 0.3 is 0 Å². The van der Waals surface area contributed by atoms with Gasteiger partial charge in [-0.2, -0.15) is 23.5 Å². The van der Waals surface area contributed by atoms with E-state index in [2.05, 4.69) is 11.9 Å². The molecular weight excluding hydrogens is 278 g/mol. The van der Waals surface area contributed by atoms with E-state index in [0.717, 1.165) is 23.5 Å². The minimum Gasteiger partial charge on any atom is -0.492 e. The summed E-state index contributed by atoms with van der Waals surface area (Å²) in [5.41, 5.74) is 0.865. The Kier molecular flexibility index (Phi) is 5.85. The second kappa shape index (κ2) is 7.41. The van der Waals surface area contributed by atoms with Crippen molar-refractivity contribution in [1.29, 1.82) is 0 Å². The SMILES string of the molecule is CCOc1cncc(C(O)C2SCCSC2CC)c1. The van der Waals surface area contributed by atoms with Crippen LogP contribution >= 0.6 is 23.5 Å². The zero-order valence-corrected chi connectivity index (χ0v) is 13.0. The van der Waals surface area contributed by atoms with Crippen molar-refractivity contribution in [2.75, 3.05) is 18.1 Å². The third kappa shape index (κ3) is 3.80. The smallest absolute Gasteiger partial charge is 0.137 e. The van der Waals surface area contributed by atoms with Gasteiger partial charge < -0.3 is 9.84 Å². The van der Waals surface area contributed by atoms with E-state index >= 15 is 0 Å². The van der Waals surface area contributed by atoms with Crippen LogP contribution in [0, 0.1) is 0 Å². The fourth-order valence-electron chi connectivity index (χ4n) is 2.26. The number of aliphatic hydroxyl groups is 1. The second-order valence-electron chi connectivity index (χ2n) is 4.48. The summed E-state index contributed by atoms with van der Waals surface area (Å²) in [4.78, 5) is 4.17. The van der Waals surface area contributed by atoms with Crippen molar-refractivity contribution in [1.82, 2.24) is 4.98 Å². The van der Waals surface area contributed by atoms with Crippen LogP contribution in [0.25, 0.3) is 0 Å². The number of thioether (sulfide) groups is 2. The lowest BCUT2D eigenvalue weighted by molar-refractivity contribution is 0.171. The topological polar surface area (TPSA) is 42.4 Å². The lowest BCUT2D eigenvalue weighted by atomic mass is 10.0. The Labute approximate surface area is 123 Å². The van der Waals surface area contributed by atoms with E-state index in [1.165, 1.54) is 5.75 Å². The first-order valence-corrected chi connectivity index (χ1v) is 8.85. The maximum absolute atomic E-state index is 10.6. The highest BCUT2D eigenvalue weighted by Gasteiger charge is 2.32. The molecule has 3 nitrogen and oxygen atoms in total. The van der Waals surface area contributed by atoms with Gasteiger partial charge in [-0.05, 0) is 19.4 Å². The summed E-state index contributed by atoms with van der Waals surface area (Å²) < 4.78 is 5.45. The molecule has 3 unspecified atom stereocenters. The fourth-order valence-corrected chi connectivity index (χ4v) is 5.40. The molecule has 1 aliphatic rings. The van der Waals surface area contributed by atoms with E-state index < -0.39 is 6.10 Å². The molecular formula is C14H21NO2S2. The van der Waals surface area contributed by atoms with Crippen LogP contribution in [0.15, 0.2) is 18.5 Å². The summed E-state index contributed by atoms with van der Waals surface area (Å²) in [5.74, 6) is 3.03. The highest BCUT2D eigenvalue weighted by molar-refractivity contribution is 8.07. The summed E-state index contributed by atoms with van der Waals surface area (Å²) in [7, 11) is 0. The molecule has 1 aliphatic heterocycles. The van der Waals surface area contributed by atoms with Crippen LogP contribution in [-0.4, -0.2) is 38.7 Å². The Morgan fingerprint density at radius 2 is 2.16 bits per heavy atom. The van der Waals surface area contributed by atoms with E-state index in [9.17, 15) is 5.11 Å². The van der Waals surface area contributed by atoms with Gasteiger partial charge in [0.2, 0.25) is 0 Å². The molecule has 1 aromatic rings. The quantitative estimate of drug-likeness (QED) is 0.904. The fraction of sp³-hybridized carbons (Fsp3) is 0.643. The first kappa shape index (κ1) is 15.0. The van der Waals surface area contributed by atoms with Gasteiger partial charge in [-0.1, -0.05) is 6.92 Å². The van der Waals surface area contributed by atoms with Crippen LogP contribution < -0.4 is 4.74 Å². The predicted octanol–water partition coefficient (Wildman–Crippen LogP) is 3.14. The number of ether oxygens (including phenoxy) is 1. The molecule has 0 aliphatic carbocycles. The number of rotatable bonds is 5. The minimum atomic E-state index is -0.462. The van der Waals surface area contributed by atoms with E-state index in [-0.39, 0.29) is 5.25 Å². The van der Waals surface area contributed by atoms with Crippen LogP contribution in [0.3, 0.4) is 0 Å². The number of hydrogen-bond acceptors (Lipinski definition) is 5. The minimum absolute atomic E-state index is 0.252. The molecule has 0 saturated carbocycles. The number of pyridine rings is 1. The first-order valence-electron chi connectivity index (χ1n) is 6.75. The number of hydrogen-bond donors (Lipinski definition) is 1. The largest absolute Gasteiger partial charge is 0.492 e. The number of nitrogens with zero attached hydrogens (tertiary/aromatic N) is 1. The van der Waals surface area contributed by atoms with Crippen molar-refractivity contribution in [2.24, 2.45) is 0 Å². The summed E-state index contributed by atoms with van der Waals surface area (Å²) in [5, 5.41) is 11.4. The second-order valence-corrected chi connectivity index (χ2v) is 7.12. The van der Waals surface area contributed by atoms with Gasteiger partial charge in [0.1, 0.15) is 5.75 Å². The average molecular weight is 299 g/mol. The maximum Gasteiger partial charge on any atom is 0.137 e. The van der Waals surface area contributed by atoms with Crippen molar-refractivity contribution in [3.63, 3.8) is 0 Å². The van der Waals surface area contributed by atoms with Crippen LogP contribution in [0.4, 0.5) is 0 Å². The molecule has 106 valence electrons. The number of aromatic nitrogens is 1. The molecule has 2 rings (SSSR count). The van der Waals surface area contributed by atoms with E-state index in [1.807, 2.05) is 36.5 Å². The molecule has 2 heterocycles. The van der Waals surface area contributed by atoms with Gasteiger partial charge in [-0.15, -0.1) is 0 Å². The van der Waals surface area contributed by atoms with Gasteiger partial charge in [-0.3, -0.25) is 4.98 Å². The molecule has 1 aromatic heterocycles. The molecule has 0 aromatic carbocycles. The normalized spacial score (nSPS) is 25.0. The van der Waals surface area contributed by atoms with Crippen LogP contribution in [0.2, 0.25) is 0 Å². The van der Waals surface area contributed by atoms with Crippen LogP contribution in [0.5, 0.6) is 5.75 Å². The molecule has 1 N–H and O–H groups in total. The van der Waals surface area contributed by atoms with E-state index in [0.29, 0.717) is 11.9 Å². The summed E-state index contributed by atoms with van der Waals surface area (Å²) >= 11 is 3.85. The molecule has 1 saturated heterocycles.